The van der Waals surface area contributed by atoms with Crippen molar-refractivity contribution in [1.29, 1.82) is 0 Å². The van der Waals surface area contributed by atoms with Crippen molar-refractivity contribution in [1.82, 2.24) is 0 Å². The summed E-state index contributed by atoms with van der Waals surface area (Å²) in [5.74, 6) is 0.877. The normalized spacial score (nSPS) is 21.5. The van der Waals surface area contributed by atoms with Gasteiger partial charge in [-0.1, -0.05) is 20.3 Å². The topological polar surface area (TPSA) is 43.1 Å². The number of nitrogens with two attached hydrogens (primary N) is 1. The van der Waals surface area contributed by atoms with Crippen molar-refractivity contribution >= 4 is 5.78 Å². The van der Waals surface area contributed by atoms with Crippen molar-refractivity contribution in [2.24, 2.45) is 17.6 Å². The Morgan fingerprint density at radius 3 is 2.27 bits per heavy atom. The van der Waals surface area contributed by atoms with Crippen LogP contribution < -0.4 is 5.73 Å². The predicted octanol–water partition coefficient (Wildman–Crippen LogP) is 1.34. The number of ketones is 1. The Hall–Kier alpha value is -0.370. The van der Waals surface area contributed by atoms with Crippen molar-refractivity contribution in [3.8, 4) is 0 Å². The Kier molecular flexibility index (Phi) is 2.66. The number of hydrogen-bond donors (Lipinski definition) is 1. The van der Waals surface area contributed by atoms with Crippen LogP contribution in [0.3, 0.4) is 0 Å². The van der Waals surface area contributed by atoms with Gasteiger partial charge in [-0.25, -0.2) is 0 Å². The van der Waals surface area contributed by atoms with Crippen molar-refractivity contribution < 1.29 is 4.79 Å². The third-order valence-corrected chi connectivity index (χ3v) is 2.55. The molecule has 11 heavy (non-hydrogen) atoms. The van der Waals surface area contributed by atoms with Crippen LogP contribution in [0.1, 0.15) is 33.1 Å². The van der Waals surface area contributed by atoms with Crippen LogP contribution in [-0.4, -0.2) is 11.8 Å². The second-order valence-electron chi connectivity index (χ2n) is 3.80. The number of rotatable bonds is 3. The fourth-order valence-electron chi connectivity index (χ4n) is 1.29. The lowest BCUT2D eigenvalue weighted by atomic mass is 9.78. The standard InChI is InChI=1S/C9H17NO/c1-6(2)8(10)9(11)7-4-3-5-7/h6-8H,3-5,10H2,1-2H3/t8-/m0/s1. The third kappa shape index (κ3) is 1.80. The summed E-state index contributed by atoms with van der Waals surface area (Å²) in [6, 6.07) is -0.222. The molecular weight excluding hydrogens is 138 g/mol. The number of carbonyl (C=O) groups is 1. The molecule has 64 valence electrons. The van der Waals surface area contributed by atoms with Gasteiger partial charge in [-0.05, 0) is 18.8 Å². The molecule has 1 rings (SSSR count). The van der Waals surface area contributed by atoms with Crippen LogP contribution in [0, 0.1) is 11.8 Å². The lowest BCUT2D eigenvalue weighted by Crippen LogP contribution is -2.41. The molecule has 1 fully saturated rings. The Morgan fingerprint density at radius 1 is 1.45 bits per heavy atom. The summed E-state index contributed by atoms with van der Waals surface area (Å²) in [5, 5.41) is 0. The first-order valence-corrected chi connectivity index (χ1v) is 4.42. The molecule has 2 N–H and O–H groups in total. The molecule has 0 heterocycles. The number of hydrogen-bond acceptors (Lipinski definition) is 2. The van der Waals surface area contributed by atoms with Gasteiger partial charge >= 0.3 is 0 Å². The SMILES string of the molecule is CC(C)[C@H](N)C(=O)C1CCC1. The van der Waals surface area contributed by atoms with Gasteiger partial charge in [0.15, 0.2) is 5.78 Å². The van der Waals surface area contributed by atoms with Crippen LogP contribution in [0.2, 0.25) is 0 Å². The third-order valence-electron chi connectivity index (χ3n) is 2.55. The van der Waals surface area contributed by atoms with Crippen molar-refractivity contribution in [3.63, 3.8) is 0 Å². The second-order valence-corrected chi connectivity index (χ2v) is 3.80. The van der Waals surface area contributed by atoms with E-state index in [0.717, 1.165) is 12.8 Å². The monoisotopic (exact) mass is 155 g/mol. The van der Waals surface area contributed by atoms with E-state index in [1.54, 1.807) is 0 Å². The molecule has 0 aliphatic heterocycles. The van der Waals surface area contributed by atoms with Gasteiger partial charge in [-0.2, -0.15) is 0 Å². The molecule has 0 radical (unpaired) electrons. The molecule has 1 saturated carbocycles. The highest BCUT2D eigenvalue weighted by Crippen LogP contribution is 2.28. The molecule has 0 aromatic heterocycles. The molecule has 1 aliphatic carbocycles. The largest absolute Gasteiger partial charge is 0.321 e. The van der Waals surface area contributed by atoms with Gasteiger partial charge in [0.05, 0.1) is 6.04 Å². The van der Waals surface area contributed by atoms with Crippen molar-refractivity contribution in [2.45, 2.75) is 39.2 Å². The Balaban J connectivity index is 2.39. The second kappa shape index (κ2) is 3.35. The van der Waals surface area contributed by atoms with Gasteiger partial charge in [0, 0.05) is 5.92 Å². The van der Waals surface area contributed by atoms with Gasteiger partial charge in [0.2, 0.25) is 0 Å². The van der Waals surface area contributed by atoms with Crippen LogP contribution in [0.4, 0.5) is 0 Å². The average Bonchev–Trinajstić information content (AvgIpc) is 1.82. The predicted molar refractivity (Wildman–Crippen MR) is 45.2 cm³/mol. The zero-order chi connectivity index (χ0) is 8.43. The fourth-order valence-corrected chi connectivity index (χ4v) is 1.29. The molecule has 0 amide bonds. The molecule has 1 aliphatic rings. The molecule has 2 nitrogen and oxygen atoms in total. The molecule has 1 atom stereocenters. The van der Waals surface area contributed by atoms with E-state index < -0.39 is 0 Å². The van der Waals surface area contributed by atoms with Gasteiger partial charge in [0.1, 0.15) is 0 Å². The highest BCUT2D eigenvalue weighted by atomic mass is 16.1. The maximum atomic E-state index is 11.4. The molecular formula is C9H17NO. The quantitative estimate of drug-likeness (QED) is 0.668. The van der Waals surface area contributed by atoms with E-state index in [-0.39, 0.29) is 11.8 Å². The Morgan fingerprint density at radius 2 is 2.00 bits per heavy atom. The summed E-state index contributed by atoms with van der Waals surface area (Å²) in [5.41, 5.74) is 5.72. The fraction of sp³-hybridized carbons (Fsp3) is 0.889. The van der Waals surface area contributed by atoms with E-state index in [2.05, 4.69) is 0 Å². The molecule has 0 saturated heterocycles. The van der Waals surface area contributed by atoms with Crippen LogP contribution >= 0.6 is 0 Å². The summed E-state index contributed by atoms with van der Waals surface area (Å²) in [7, 11) is 0. The summed E-state index contributed by atoms with van der Waals surface area (Å²) in [6.07, 6.45) is 3.35. The zero-order valence-corrected chi connectivity index (χ0v) is 7.34. The zero-order valence-electron chi connectivity index (χ0n) is 7.34. The minimum atomic E-state index is -0.222. The molecule has 0 unspecified atom stereocenters. The molecule has 0 aromatic rings. The van der Waals surface area contributed by atoms with E-state index >= 15 is 0 Å². The van der Waals surface area contributed by atoms with Crippen LogP contribution in [-0.2, 0) is 4.79 Å². The van der Waals surface area contributed by atoms with E-state index in [0.29, 0.717) is 11.8 Å². The maximum Gasteiger partial charge on any atom is 0.152 e. The van der Waals surface area contributed by atoms with Crippen molar-refractivity contribution in [3.05, 3.63) is 0 Å². The van der Waals surface area contributed by atoms with Crippen LogP contribution in [0.5, 0.6) is 0 Å². The average molecular weight is 155 g/mol. The molecule has 0 bridgehead atoms. The first-order chi connectivity index (χ1) is 5.13. The lowest BCUT2D eigenvalue weighted by Gasteiger charge is -2.27. The Labute approximate surface area is 68.2 Å². The summed E-state index contributed by atoms with van der Waals surface area (Å²) in [6.45, 7) is 4.00. The Bertz CT molecular complexity index is 150. The highest BCUT2D eigenvalue weighted by Gasteiger charge is 2.30. The van der Waals surface area contributed by atoms with E-state index in [1.807, 2.05) is 13.8 Å². The van der Waals surface area contributed by atoms with Crippen molar-refractivity contribution in [2.75, 3.05) is 0 Å². The smallest absolute Gasteiger partial charge is 0.152 e. The minimum Gasteiger partial charge on any atom is -0.321 e. The highest BCUT2D eigenvalue weighted by molar-refractivity contribution is 5.86. The van der Waals surface area contributed by atoms with Crippen LogP contribution in [0.25, 0.3) is 0 Å². The number of carbonyl (C=O) groups excluding carboxylic acids is 1. The van der Waals surface area contributed by atoms with Crippen LogP contribution in [0.15, 0.2) is 0 Å². The number of Topliss-reactive ketones (excluding diaryl/α,β-unsaturated/α-hetero) is 1. The summed E-state index contributed by atoms with van der Waals surface area (Å²) >= 11 is 0. The summed E-state index contributed by atoms with van der Waals surface area (Å²) < 4.78 is 0. The van der Waals surface area contributed by atoms with E-state index in [1.165, 1.54) is 6.42 Å². The maximum absolute atomic E-state index is 11.4. The van der Waals surface area contributed by atoms with Gasteiger partial charge < -0.3 is 5.73 Å². The van der Waals surface area contributed by atoms with E-state index in [9.17, 15) is 4.79 Å². The van der Waals surface area contributed by atoms with Gasteiger partial charge in [-0.15, -0.1) is 0 Å². The van der Waals surface area contributed by atoms with Gasteiger partial charge in [0.25, 0.3) is 0 Å². The lowest BCUT2D eigenvalue weighted by molar-refractivity contribution is -0.127. The molecule has 0 spiro atoms. The van der Waals surface area contributed by atoms with E-state index in [4.69, 9.17) is 5.73 Å². The summed E-state index contributed by atoms with van der Waals surface area (Å²) in [4.78, 5) is 11.4. The first-order valence-electron chi connectivity index (χ1n) is 4.42. The first kappa shape index (κ1) is 8.72. The molecule has 0 aromatic carbocycles. The minimum absolute atomic E-state index is 0.222. The van der Waals surface area contributed by atoms with Gasteiger partial charge in [-0.3, -0.25) is 4.79 Å². The molecule has 2 heteroatoms.